The van der Waals surface area contributed by atoms with E-state index < -0.39 is 17.7 Å². The van der Waals surface area contributed by atoms with Gasteiger partial charge in [0.25, 0.3) is 0 Å². The number of carboxylic acids is 1. The Morgan fingerprint density at radius 3 is 2.73 bits per heavy atom. The van der Waals surface area contributed by atoms with E-state index in [1.54, 1.807) is 6.92 Å². The maximum absolute atomic E-state index is 13.0. The molecule has 3 nitrogen and oxygen atoms in total. The Morgan fingerprint density at radius 2 is 2.27 bits per heavy atom. The van der Waals surface area contributed by atoms with Crippen molar-refractivity contribution in [1.29, 1.82) is 0 Å². The third-order valence-electron chi connectivity index (χ3n) is 2.18. The van der Waals surface area contributed by atoms with E-state index >= 15 is 0 Å². The number of carbonyl (C=O) groups is 1. The number of nitrogen functional groups attached to an aromatic ring is 1. The highest BCUT2D eigenvalue weighted by Gasteiger charge is 2.15. The largest absolute Gasteiger partial charge is 0.549 e. The standard InChI is InChI=1S/C10H11BrFNO2/c1-2-5(10(14)15)6-3-9(13)8(12)4-7(6)11/h3-5H,2,13H2,1H3,(H,14,15)/p-1. The van der Waals surface area contributed by atoms with Gasteiger partial charge in [-0.15, -0.1) is 0 Å². The van der Waals surface area contributed by atoms with Crippen LogP contribution in [0.1, 0.15) is 24.8 Å². The van der Waals surface area contributed by atoms with Gasteiger partial charge in [0, 0.05) is 16.4 Å². The maximum atomic E-state index is 13.0. The van der Waals surface area contributed by atoms with Gasteiger partial charge in [0.15, 0.2) is 0 Å². The molecule has 2 N–H and O–H groups in total. The number of benzene rings is 1. The third-order valence-corrected chi connectivity index (χ3v) is 2.87. The Kier molecular flexibility index (Phi) is 3.68. The number of aliphatic carboxylic acids is 1. The fourth-order valence-electron chi connectivity index (χ4n) is 1.36. The minimum absolute atomic E-state index is 0.0621. The first kappa shape index (κ1) is 12.0. The average molecular weight is 275 g/mol. The molecule has 0 aliphatic heterocycles. The quantitative estimate of drug-likeness (QED) is 0.848. The van der Waals surface area contributed by atoms with Crippen LogP contribution in [-0.2, 0) is 4.79 Å². The summed E-state index contributed by atoms with van der Waals surface area (Å²) in [6, 6.07) is 2.49. The van der Waals surface area contributed by atoms with Crippen LogP contribution in [0.15, 0.2) is 16.6 Å². The first-order valence-electron chi connectivity index (χ1n) is 4.42. The van der Waals surface area contributed by atoms with E-state index in [-0.39, 0.29) is 5.69 Å². The van der Waals surface area contributed by atoms with Crippen LogP contribution < -0.4 is 10.8 Å². The van der Waals surface area contributed by atoms with Gasteiger partial charge in [0.05, 0.1) is 5.69 Å². The molecule has 0 aliphatic carbocycles. The lowest BCUT2D eigenvalue weighted by Gasteiger charge is -2.18. The van der Waals surface area contributed by atoms with Crippen LogP contribution >= 0.6 is 15.9 Å². The minimum Gasteiger partial charge on any atom is -0.549 e. The molecular weight excluding hydrogens is 265 g/mol. The lowest BCUT2D eigenvalue weighted by atomic mass is 9.96. The molecule has 1 aromatic rings. The van der Waals surface area contributed by atoms with Crippen molar-refractivity contribution >= 4 is 27.6 Å². The van der Waals surface area contributed by atoms with E-state index in [1.807, 2.05) is 0 Å². The molecule has 82 valence electrons. The maximum Gasteiger partial charge on any atom is 0.147 e. The lowest BCUT2D eigenvalue weighted by molar-refractivity contribution is -0.308. The summed E-state index contributed by atoms with van der Waals surface area (Å²) in [7, 11) is 0. The number of anilines is 1. The fraction of sp³-hybridized carbons (Fsp3) is 0.300. The van der Waals surface area contributed by atoms with Crippen LogP contribution in [0.2, 0.25) is 0 Å². The summed E-state index contributed by atoms with van der Waals surface area (Å²) >= 11 is 3.10. The smallest absolute Gasteiger partial charge is 0.147 e. The third kappa shape index (κ3) is 2.47. The molecule has 0 amide bonds. The Morgan fingerprint density at radius 1 is 1.67 bits per heavy atom. The lowest BCUT2D eigenvalue weighted by Crippen LogP contribution is -2.29. The van der Waals surface area contributed by atoms with Crippen molar-refractivity contribution in [1.82, 2.24) is 0 Å². The number of carbonyl (C=O) groups excluding carboxylic acids is 1. The highest BCUT2D eigenvalue weighted by molar-refractivity contribution is 9.10. The second kappa shape index (κ2) is 4.61. The number of nitrogens with two attached hydrogens (primary N) is 1. The van der Waals surface area contributed by atoms with Crippen LogP contribution in [0.4, 0.5) is 10.1 Å². The summed E-state index contributed by atoms with van der Waals surface area (Å²) in [6.45, 7) is 1.71. The van der Waals surface area contributed by atoms with Crippen molar-refractivity contribution in [3.8, 4) is 0 Å². The van der Waals surface area contributed by atoms with E-state index in [0.29, 0.717) is 16.5 Å². The molecule has 0 bridgehead atoms. The van der Waals surface area contributed by atoms with Crippen LogP contribution in [-0.4, -0.2) is 5.97 Å². The van der Waals surface area contributed by atoms with Crippen molar-refractivity contribution < 1.29 is 14.3 Å². The van der Waals surface area contributed by atoms with Gasteiger partial charge in [-0.1, -0.05) is 22.9 Å². The molecule has 15 heavy (non-hydrogen) atoms. The first-order valence-corrected chi connectivity index (χ1v) is 5.22. The SMILES string of the molecule is CCC(C(=O)[O-])c1cc(N)c(F)cc1Br. The Bertz CT molecular complexity index is 395. The summed E-state index contributed by atoms with van der Waals surface area (Å²) in [5.41, 5.74) is 5.75. The summed E-state index contributed by atoms with van der Waals surface area (Å²) in [6.07, 6.45) is 0.367. The van der Waals surface area contributed by atoms with E-state index in [0.717, 1.165) is 6.07 Å². The summed E-state index contributed by atoms with van der Waals surface area (Å²) in [4.78, 5) is 10.8. The highest BCUT2D eigenvalue weighted by Crippen LogP contribution is 2.30. The van der Waals surface area contributed by atoms with Crippen LogP contribution in [0.25, 0.3) is 0 Å². The van der Waals surface area contributed by atoms with Gasteiger partial charge in [-0.25, -0.2) is 4.39 Å². The zero-order chi connectivity index (χ0) is 11.6. The highest BCUT2D eigenvalue weighted by atomic mass is 79.9. The number of halogens is 2. The second-order valence-corrected chi connectivity index (χ2v) is 4.03. The van der Waals surface area contributed by atoms with Gasteiger partial charge in [0.2, 0.25) is 0 Å². The van der Waals surface area contributed by atoms with Crippen molar-refractivity contribution in [3.63, 3.8) is 0 Å². The summed E-state index contributed by atoms with van der Waals surface area (Å²) in [5.74, 6) is -2.54. The van der Waals surface area contributed by atoms with Crippen molar-refractivity contribution in [3.05, 3.63) is 28.0 Å². The number of rotatable bonds is 3. The number of hydrogen-bond donors (Lipinski definition) is 1. The molecule has 0 saturated heterocycles. The summed E-state index contributed by atoms with van der Waals surface area (Å²) in [5, 5.41) is 10.8. The van der Waals surface area contributed by atoms with Gasteiger partial charge in [-0.3, -0.25) is 0 Å². The Labute approximate surface area is 95.2 Å². The second-order valence-electron chi connectivity index (χ2n) is 3.18. The van der Waals surface area contributed by atoms with E-state index in [9.17, 15) is 14.3 Å². The molecule has 1 rings (SSSR count). The molecule has 0 spiro atoms. The molecule has 1 aromatic carbocycles. The molecule has 0 heterocycles. The van der Waals surface area contributed by atoms with Gasteiger partial charge in [-0.05, 0) is 24.1 Å². The van der Waals surface area contributed by atoms with Crippen molar-refractivity contribution in [2.24, 2.45) is 0 Å². The zero-order valence-corrected chi connectivity index (χ0v) is 9.67. The topological polar surface area (TPSA) is 66.1 Å². The molecule has 0 radical (unpaired) electrons. The van der Waals surface area contributed by atoms with Gasteiger partial charge < -0.3 is 15.6 Å². The predicted molar refractivity (Wildman–Crippen MR) is 56.6 cm³/mol. The minimum atomic E-state index is -1.19. The number of hydrogen-bond acceptors (Lipinski definition) is 3. The van der Waals surface area contributed by atoms with E-state index in [1.165, 1.54) is 6.07 Å². The molecule has 0 saturated carbocycles. The van der Waals surface area contributed by atoms with Gasteiger partial charge in [0.1, 0.15) is 5.82 Å². The van der Waals surface area contributed by atoms with Gasteiger partial charge >= 0.3 is 0 Å². The molecular formula is C10H10BrFNO2-. The molecule has 0 aromatic heterocycles. The van der Waals surface area contributed by atoms with E-state index in [4.69, 9.17) is 5.73 Å². The number of carboxylic acid groups (broad SMARTS) is 1. The first-order chi connectivity index (χ1) is 6.97. The molecule has 5 heteroatoms. The average Bonchev–Trinajstić information content (AvgIpc) is 2.14. The molecule has 0 aliphatic rings. The predicted octanol–water partition coefficient (Wildman–Crippen LogP) is 1.41. The Hall–Kier alpha value is -1.10. The van der Waals surface area contributed by atoms with Crippen molar-refractivity contribution in [2.75, 3.05) is 5.73 Å². The zero-order valence-electron chi connectivity index (χ0n) is 8.09. The Balaban J connectivity index is 3.24. The molecule has 1 atom stereocenters. The van der Waals surface area contributed by atoms with E-state index in [2.05, 4.69) is 15.9 Å². The van der Waals surface area contributed by atoms with Gasteiger partial charge in [-0.2, -0.15) is 0 Å². The van der Waals surface area contributed by atoms with Crippen molar-refractivity contribution in [2.45, 2.75) is 19.3 Å². The van der Waals surface area contributed by atoms with Crippen LogP contribution in [0.5, 0.6) is 0 Å². The molecule has 1 unspecified atom stereocenters. The summed E-state index contributed by atoms with van der Waals surface area (Å²) < 4.78 is 13.4. The fourth-order valence-corrected chi connectivity index (χ4v) is 1.96. The normalized spacial score (nSPS) is 12.5. The van der Waals surface area contributed by atoms with Crippen LogP contribution in [0.3, 0.4) is 0 Å². The van der Waals surface area contributed by atoms with Crippen LogP contribution in [0, 0.1) is 5.82 Å². The molecule has 0 fully saturated rings. The monoisotopic (exact) mass is 274 g/mol.